The van der Waals surface area contributed by atoms with Gasteiger partial charge in [0.15, 0.2) is 0 Å². The van der Waals surface area contributed by atoms with E-state index in [1.165, 1.54) is 12.8 Å². The number of rotatable bonds is 4. The largest absolute Gasteiger partial charge is 0.375 e. The van der Waals surface area contributed by atoms with Crippen molar-refractivity contribution in [2.24, 2.45) is 5.92 Å². The van der Waals surface area contributed by atoms with Crippen molar-refractivity contribution in [3.63, 3.8) is 0 Å². The highest BCUT2D eigenvalue weighted by molar-refractivity contribution is 5.74. The van der Waals surface area contributed by atoms with Crippen LogP contribution in [0.25, 0.3) is 0 Å². The fourth-order valence-corrected chi connectivity index (χ4v) is 2.81. The fraction of sp³-hybridized carbons (Fsp3) is 0.733. The number of amides is 2. The molecule has 2 amide bonds. The van der Waals surface area contributed by atoms with Gasteiger partial charge in [-0.25, -0.2) is 9.78 Å². The van der Waals surface area contributed by atoms with E-state index in [9.17, 15) is 4.79 Å². The third-order valence-electron chi connectivity index (χ3n) is 4.30. The van der Waals surface area contributed by atoms with E-state index in [-0.39, 0.29) is 12.1 Å². The summed E-state index contributed by atoms with van der Waals surface area (Å²) in [6.07, 6.45) is 4.51. The Hall–Kier alpha value is -1.56. The lowest BCUT2D eigenvalue weighted by molar-refractivity contribution is 0.102. The first kappa shape index (κ1) is 14.4. The Balaban J connectivity index is 1.67. The van der Waals surface area contributed by atoms with Crippen LogP contribution < -0.4 is 0 Å². The van der Waals surface area contributed by atoms with E-state index in [1.54, 1.807) is 19.0 Å². The summed E-state index contributed by atoms with van der Waals surface area (Å²) < 4.78 is 7.97. The number of fused-ring (bicyclic) bond motifs is 1. The number of imidazole rings is 1. The van der Waals surface area contributed by atoms with Gasteiger partial charge in [0.25, 0.3) is 0 Å². The third kappa shape index (κ3) is 2.90. The van der Waals surface area contributed by atoms with Gasteiger partial charge in [-0.1, -0.05) is 0 Å². The second-order valence-electron chi connectivity index (χ2n) is 6.26. The second-order valence-corrected chi connectivity index (χ2v) is 6.26. The van der Waals surface area contributed by atoms with Crippen LogP contribution in [0.4, 0.5) is 4.79 Å². The predicted octanol–water partition coefficient (Wildman–Crippen LogP) is 1.87. The molecule has 21 heavy (non-hydrogen) atoms. The zero-order chi connectivity index (χ0) is 15.0. The summed E-state index contributed by atoms with van der Waals surface area (Å²) in [7, 11) is 3.57. The average Bonchev–Trinajstić information content (AvgIpc) is 3.18. The van der Waals surface area contributed by atoms with Gasteiger partial charge in [-0.15, -0.1) is 0 Å². The third-order valence-corrected chi connectivity index (χ3v) is 4.30. The molecule has 1 aromatic rings. The number of carbonyl (C=O) groups excluding carboxylic acids is 1. The molecule has 2 aliphatic rings. The van der Waals surface area contributed by atoms with Crippen LogP contribution >= 0.6 is 0 Å². The van der Waals surface area contributed by atoms with Crippen LogP contribution in [0.15, 0.2) is 6.20 Å². The van der Waals surface area contributed by atoms with Gasteiger partial charge < -0.3 is 19.1 Å². The van der Waals surface area contributed by atoms with E-state index < -0.39 is 0 Å². The normalized spacial score (nSPS) is 21.3. The topological polar surface area (TPSA) is 50.6 Å². The van der Waals surface area contributed by atoms with Crippen LogP contribution in [0, 0.1) is 5.92 Å². The lowest BCUT2D eigenvalue weighted by Gasteiger charge is -2.36. The van der Waals surface area contributed by atoms with Crippen molar-refractivity contribution in [2.75, 3.05) is 27.2 Å². The van der Waals surface area contributed by atoms with Crippen LogP contribution in [0.3, 0.4) is 0 Å². The number of hydrogen-bond donors (Lipinski definition) is 0. The van der Waals surface area contributed by atoms with Crippen molar-refractivity contribution in [3.8, 4) is 0 Å². The van der Waals surface area contributed by atoms with Crippen molar-refractivity contribution in [1.82, 2.24) is 19.4 Å². The Labute approximate surface area is 125 Å². The standard InChI is InChI=1S/C15H24N4O2/c1-11-14-16-8-13(10-21-9-12-4-5-12)19(14)7-6-18(11)15(20)17(2)3/h8,11-12H,4-7,9-10H2,1-3H3/t11-/m1/s1. The molecule has 0 unspecified atom stereocenters. The van der Waals surface area contributed by atoms with E-state index in [2.05, 4.69) is 9.55 Å². The lowest BCUT2D eigenvalue weighted by atomic mass is 10.2. The molecule has 6 heteroatoms. The number of hydrogen-bond acceptors (Lipinski definition) is 3. The smallest absolute Gasteiger partial charge is 0.320 e. The Kier molecular flexibility index (Phi) is 3.89. The van der Waals surface area contributed by atoms with Gasteiger partial charge in [-0.2, -0.15) is 0 Å². The molecule has 0 bridgehead atoms. The minimum atomic E-state index is 0.00540. The van der Waals surface area contributed by atoms with E-state index in [1.807, 2.05) is 18.0 Å². The Morgan fingerprint density at radius 1 is 1.43 bits per heavy atom. The Bertz CT molecular complexity index is 522. The predicted molar refractivity (Wildman–Crippen MR) is 78.8 cm³/mol. The maximum atomic E-state index is 12.2. The number of urea groups is 1. The van der Waals surface area contributed by atoms with Gasteiger partial charge in [0.05, 0.1) is 24.5 Å². The summed E-state index contributed by atoms with van der Waals surface area (Å²) in [5.74, 6) is 1.74. The second kappa shape index (κ2) is 5.67. The van der Waals surface area contributed by atoms with E-state index in [0.29, 0.717) is 6.61 Å². The number of nitrogens with zero attached hydrogens (tertiary/aromatic N) is 4. The first-order valence-electron chi connectivity index (χ1n) is 7.68. The molecule has 116 valence electrons. The van der Waals surface area contributed by atoms with Crippen LogP contribution in [-0.4, -0.2) is 52.6 Å². The lowest BCUT2D eigenvalue weighted by Crippen LogP contribution is -2.46. The van der Waals surface area contributed by atoms with Crippen LogP contribution in [0.5, 0.6) is 0 Å². The molecule has 0 N–H and O–H groups in total. The van der Waals surface area contributed by atoms with Crippen LogP contribution in [0.2, 0.25) is 0 Å². The highest BCUT2D eigenvalue weighted by Crippen LogP contribution is 2.30. The maximum Gasteiger partial charge on any atom is 0.320 e. The molecule has 1 aliphatic heterocycles. The SMILES string of the molecule is C[C@@H]1c2ncc(COCC3CC3)n2CCN1C(=O)N(C)C. The molecule has 0 aromatic carbocycles. The molecule has 0 saturated heterocycles. The van der Waals surface area contributed by atoms with E-state index in [4.69, 9.17) is 4.74 Å². The molecule has 0 radical (unpaired) electrons. The number of carbonyl (C=O) groups is 1. The molecule has 2 heterocycles. The molecule has 1 aromatic heterocycles. The summed E-state index contributed by atoms with van der Waals surface area (Å²) in [5, 5.41) is 0. The summed E-state index contributed by atoms with van der Waals surface area (Å²) in [4.78, 5) is 20.2. The van der Waals surface area contributed by atoms with Gasteiger partial charge in [0.1, 0.15) is 5.82 Å². The van der Waals surface area contributed by atoms with Crippen molar-refractivity contribution in [3.05, 3.63) is 17.7 Å². The number of aromatic nitrogens is 2. The minimum absolute atomic E-state index is 0.00540. The quantitative estimate of drug-likeness (QED) is 0.851. The first-order chi connectivity index (χ1) is 10.1. The zero-order valence-corrected chi connectivity index (χ0v) is 13.1. The molecule has 1 aliphatic carbocycles. The monoisotopic (exact) mass is 292 g/mol. The van der Waals surface area contributed by atoms with Gasteiger partial charge in [-0.3, -0.25) is 0 Å². The number of ether oxygens (including phenoxy) is 1. The Morgan fingerprint density at radius 2 is 2.19 bits per heavy atom. The van der Waals surface area contributed by atoms with E-state index >= 15 is 0 Å². The zero-order valence-electron chi connectivity index (χ0n) is 13.1. The van der Waals surface area contributed by atoms with Gasteiger partial charge in [0, 0.05) is 33.8 Å². The molecule has 0 spiro atoms. The minimum Gasteiger partial charge on any atom is -0.375 e. The molecular weight excluding hydrogens is 268 g/mol. The van der Waals surface area contributed by atoms with Crippen LogP contribution in [-0.2, 0) is 17.9 Å². The van der Waals surface area contributed by atoms with Gasteiger partial charge >= 0.3 is 6.03 Å². The fourth-order valence-electron chi connectivity index (χ4n) is 2.81. The first-order valence-corrected chi connectivity index (χ1v) is 7.68. The summed E-state index contributed by atoms with van der Waals surface area (Å²) in [6, 6.07) is 0.0501. The molecule has 1 saturated carbocycles. The van der Waals surface area contributed by atoms with Gasteiger partial charge in [-0.05, 0) is 25.7 Å². The summed E-state index contributed by atoms with van der Waals surface area (Å²) in [5.41, 5.74) is 1.12. The highest BCUT2D eigenvalue weighted by Gasteiger charge is 2.31. The summed E-state index contributed by atoms with van der Waals surface area (Å²) >= 11 is 0. The van der Waals surface area contributed by atoms with E-state index in [0.717, 1.165) is 37.1 Å². The van der Waals surface area contributed by atoms with Crippen molar-refractivity contribution >= 4 is 6.03 Å². The molecule has 1 fully saturated rings. The molecule has 6 nitrogen and oxygen atoms in total. The molecule has 3 rings (SSSR count). The maximum absolute atomic E-state index is 12.2. The molecular formula is C15H24N4O2. The van der Waals surface area contributed by atoms with Crippen molar-refractivity contribution in [1.29, 1.82) is 0 Å². The highest BCUT2D eigenvalue weighted by atomic mass is 16.5. The van der Waals surface area contributed by atoms with Gasteiger partial charge in [0.2, 0.25) is 0 Å². The Morgan fingerprint density at radius 3 is 2.86 bits per heavy atom. The van der Waals surface area contributed by atoms with Crippen molar-refractivity contribution < 1.29 is 9.53 Å². The summed E-state index contributed by atoms with van der Waals surface area (Å²) in [6.45, 7) is 5.03. The van der Waals surface area contributed by atoms with Crippen molar-refractivity contribution in [2.45, 2.75) is 39.0 Å². The van der Waals surface area contributed by atoms with Crippen LogP contribution in [0.1, 0.15) is 37.3 Å². The molecule has 1 atom stereocenters. The average molecular weight is 292 g/mol.